The van der Waals surface area contributed by atoms with Gasteiger partial charge in [-0.1, -0.05) is 35.0 Å². The third-order valence-electron chi connectivity index (χ3n) is 5.02. The van der Waals surface area contributed by atoms with E-state index in [0.717, 1.165) is 11.1 Å². The normalized spacial score (nSPS) is 18.2. The number of nitrogens with zero attached hydrogens (tertiary/aromatic N) is 4. The van der Waals surface area contributed by atoms with Crippen molar-refractivity contribution in [2.75, 3.05) is 25.9 Å². The molecule has 1 aliphatic rings. The molecule has 0 spiro atoms. The lowest BCUT2D eigenvalue weighted by Gasteiger charge is -2.32. The highest BCUT2D eigenvalue weighted by Crippen LogP contribution is 2.22. The van der Waals surface area contributed by atoms with Crippen molar-refractivity contribution < 1.29 is 17.7 Å². The zero-order chi connectivity index (χ0) is 20.3. The molecule has 0 N–H and O–H groups in total. The van der Waals surface area contributed by atoms with E-state index >= 15 is 0 Å². The van der Waals surface area contributed by atoms with Gasteiger partial charge in [0.15, 0.2) is 0 Å². The van der Waals surface area contributed by atoms with Crippen LogP contribution in [0.1, 0.15) is 31.2 Å². The molecule has 28 heavy (non-hydrogen) atoms. The Kier molecular flexibility index (Phi) is 6.14. The Morgan fingerprint density at radius 3 is 2.71 bits per heavy atom. The number of aryl methyl sites for hydroxylation is 1. The second kappa shape index (κ2) is 8.40. The molecule has 1 amide bonds. The predicted octanol–water partition coefficient (Wildman–Crippen LogP) is 2.07. The summed E-state index contributed by atoms with van der Waals surface area (Å²) in [7, 11) is -1.61. The quantitative estimate of drug-likeness (QED) is 0.729. The molecule has 0 aliphatic carbocycles. The standard InChI is InChI=1S/C19H26N4O4S/c1-4-28(25,26)23-11-5-6-16(12-23)19(24)22(3)13-17-20-18(21-27-17)15-9-7-14(2)8-10-15/h7-10,16H,4-6,11-13H2,1-3H3. The van der Waals surface area contributed by atoms with Gasteiger partial charge >= 0.3 is 0 Å². The van der Waals surface area contributed by atoms with Crippen molar-refractivity contribution >= 4 is 15.9 Å². The van der Waals surface area contributed by atoms with E-state index in [1.165, 1.54) is 9.21 Å². The fraction of sp³-hybridized carbons (Fsp3) is 0.526. The van der Waals surface area contributed by atoms with Gasteiger partial charge in [0.1, 0.15) is 0 Å². The van der Waals surface area contributed by atoms with Crippen LogP contribution in [0.15, 0.2) is 28.8 Å². The van der Waals surface area contributed by atoms with Crippen molar-refractivity contribution in [3.8, 4) is 11.4 Å². The minimum Gasteiger partial charge on any atom is -0.337 e. The van der Waals surface area contributed by atoms with Gasteiger partial charge in [0.05, 0.1) is 18.2 Å². The largest absolute Gasteiger partial charge is 0.337 e. The molecule has 152 valence electrons. The second-order valence-electron chi connectivity index (χ2n) is 7.17. The van der Waals surface area contributed by atoms with Crippen LogP contribution in [0.3, 0.4) is 0 Å². The lowest BCUT2D eigenvalue weighted by atomic mass is 9.98. The van der Waals surface area contributed by atoms with Gasteiger partial charge in [-0.15, -0.1) is 0 Å². The molecule has 8 nitrogen and oxygen atoms in total. The first-order valence-electron chi connectivity index (χ1n) is 9.42. The molecule has 2 aromatic rings. The minimum absolute atomic E-state index is 0.0491. The van der Waals surface area contributed by atoms with Gasteiger partial charge < -0.3 is 9.42 Å². The second-order valence-corrected chi connectivity index (χ2v) is 9.43. The van der Waals surface area contributed by atoms with Crippen LogP contribution in [-0.4, -0.2) is 59.6 Å². The molecule has 3 rings (SSSR count). The Morgan fingerprint density at radius 1 is 1.32 bits per heavy atom. The lowest BCUT2D eigenvalue weighted by Crippen LogP contribution is -2.46. The van der Waals surface area contributed by atoms with Crippen LogP contribution >= 0.6 is 0 Å². The number of hydrogen-bond acceptors (Lipinski definition) is 6. The molecule has 1 saturated heterocycles. The Balaban J connectivity index is 1.63. The number of carbonyl (C=O) groups is 1. The molecule has 1 atom stereocenters. The van der Waals surface area contributed by atoms with E-state index in [9.17, 15) is 13.2 Å². The Morgan fingerprint density at radius 2 is 2.04 bits per heavy atom. The van der Waals surface area contributed by atoms with Gasteiger partial charge in [-0.05, 0) is 26.7 Å². The summed E-state index contributed by atoms with van der Waals surface area (Å²) < 4.78 is 30.9. The van der Waals surface area contributed by atoms with Crippen LogP contribution in [0, 0.1) is 12.8 Å². The van der Waals surface area contributed by atoms with Gasteiger partial charge in [-0.3, -0.25) is 4.79 Å². The molecule has 1 aromatic carbocycles. The van der Waals surface area contributed by atoms with E-state index in [-0.39, 0.29) is 30.7 Å². The highest BCUT2D eigenvalue weighted by molar-refractivity contribution is 7.89. The summed E-state index contributed by atoms with van der Waals surface area (Å²) in [5, 5.41) is 3.98. The van der Waals surface area contributed by atoms with E-state index in [0.29, 0.717) is 31.1 Å². The number of rotatable bonds is 6. The van der Waals surface area contributed by atoms with Crippen LogP contribution in [0.2, 0.25) is 0 Å². The van der Waals surface area contributed by atoms with Gasteiger partial charge in [0, 0.05) is 25.7 Å². The average molecular weight is 407 g/mol. The monoisotopic (exact) mass is 406 g/mol. The van der Waals surface area contributed by atoms with Crippen molar-refractivity contribution in [1.82, 2.24) is 19.3 Å². The van der Waals surface area contributed by atoms with Crippen LogP contribution < -0.4 is 0 Å². The minimum atomic E-state index is -3.28. The summed E-state index contributed by atoms with van der Waals surface area (Å²) in [5.41, 5.74) is 1.99. The highest BCUT2D eigenvalue weighted by Gasteiger charge is 2.33. The average Bonchev–Trinajstić information content (AvgIpc) is 3.16. The summed E-state index contributed by atoms with van der Waals surface area (Å²) >= 11 is 0. The zero-order valence-corrected chi connectivity index (χ0v) is 17.3. The predicted molar refractivity (Wildman–Crippen MR) is 105 cm³/mol. The van der Waals surface area contributed by atoms with Gasteiger partial charge in [-0.2, -0.15) is 4.98 Å². The molecule has 1 fully saturated rings. The Bertz CT molecular complexity index is 924. The Hall–Kier alpha value is -2.26. The summed E-state index contributed by atoms with van der Waals surface area (Å²) in [4.78, 5) is 18.7. The topological polar surface area (TPSA) is 96.6 Å². The van der Waals surface area contributed by atoms with Gasteiger partial charge in [0.2, 0.25) is 27.6 Å². The first-order valence-corrected chi connectivity index (χ1v) is 11.0. The number of piperidine rings is 1. The first kappa shape index (κ1) is 20.5. The smallest absolute Gasteiger partial charge is 0.246 e. The molecule has 1 aromatic heterocycles. The molecule has 2 heterocycles. The van der Waals surface area contributed by atoms with Crippen molar-refractivity contribution in [1.29, 1.82) is 0 Å². The molecule has 0 bridgehead atoms. The van der Waals surface area contributed by atoms with Crippen LogP contribution in [0.4, 0.5) is 0 Å². The number of amides is 1. The number of hydrogen-bond donors (Lipinski definition) is 0. The van der Waals surface area contributed by atoms with Gasteiger partial charge in [0.25, 0.3) is 0 Å². The first-order chi connectivity index (χ1) is 13.3. The maximum absolute atomic E-state index is 12.8. The molecule has 0 radical (unpaired) electrons. The summed E-state index contributed by atoms with van der Waals surface area (Å²) in [6, 6.07) is 7.79. The molecule has 1 unspecified atom stereocenters. The molecule has 0 saturated carbocycles. The third kappa shape index (κ3) is 4.59. The number of carbonyl (C=O) groups excluding carboxylic acids is 1. The SMILES string of the molecule is CCS(=O)(=O)N1CCCC(C(=O)N(C)Cc2nc(-c3ccc(C)cc3)no2)C1. The van der Waals surface area contributed by atoms with Crippen LogP contribution in [0.25, 0.3) is 11.4 Å². The number of aromatic nitrogens is 2. The summed E-state index contributed by atoms with van der Waals surface area (Å²) in [5.74, 6) is 0.424. The van der Waals surface area contributed by atoms with Crippen LogP contribution in [-0.2, 0) is 21.4 Å². The van der Waals surface area contributed by atoms with E-state index in [2.05, 4.69) is 10.1 Å². The van der Waals surface area contributed by atoms with Crippen molar-refractivity contribution in [2.45, 2.75) is 33.2 Å². The zero-order valence-electron chi connectivity index (χ0n) is 16.5. The lowest BCUT2D eigenvalue weighted by molar-refractivity contribution is -0.136. The Labute approximate surface area is 165 Å². The fourth-order valence-corrected chi connectivity index (χ4v) is 4.49. The molecular formula is C19H26N4O4S. The van der Waals surface area contributed by atoms with E-state index in [4.69, 9.17) is 4.52 Å². The van der Waals surface area contributed by atoms with E-state index in [1.54, 1.807) is 14.0 Å². The number of sulfonamides is 1. The fourth-order valence-electron chi connectivity index (χ4n) is 3.31. The summed E-state index contributed by atoms with van der Waals surface area (Å²) in [6.07, 6.45) is 1.36. The molecular weight excluding hydrogens is 380 g/mol. The highest BCUT2D eigenvalue weighted by atomic mass is 32.2. The van der Waals surface area contributed by atoms with E-state index in [1.807, 2.05) is 31.2 Å². The third-order valence-corrected chi connectivity index (χ3v) is 6.87. The molecule has 1 aliphatic heterocycles. The van der Waals surface area contributed by atoms with Crippen molar-refractivity contribution in [3.63, 3.8) is 0 Å². The van der Waals surface area contributed by atoms with Crippen molar-refractivity contribution in [2.24, 2.45) is 5.92 Å². The summed E-state index contributed by atoms with van der Waals surface area (Å²) in [6.45, 7) is 4.53. The maximum Gasteiger partial charge on any atom is 0.246 e. The van der Waals surface area contributed by atoms with Crippen LogP contribution in [0.5, 0.6) is 0 Å². The molecule has 9 heteroatoms. The van der Waals surface area contributed by atoms with Gasteiger partial charge in [-0.25, -0.2) is 12.7 Å². The number of benzene rings is 1. The maximum atomic E-state index is 12.8. The van der Waals surface area contributed by atoms with Crippen molar-refractivity contribution in [3.05, 3.63) is 35.7 Å². The van der Waals surface area contributed by atoms with E-state index < -0.39 is 10.0 Å².